The molecule has 0 aliphatic carbocycles. The maximum Gasteiger partial charge on any atom is 0.338 e. The van der Waals surface area contributed by atoms with Crippen LogP contribution in [0.3, 0.4) is 0 Å². The molecule has 0 aliphatic rings. The van der Waals surface area contributed by atoms with Crippen molar-refractivity contribution in [1.29, 1.82) is 0 Å². The Labute approximate surface area is 131 Å². The minimum Gasteiger partial charge on any atom is -0.465 e. The number of benzene rings is 2. The van der Waals surface area contributed by atoms with Crippen molar-refractivity contribution in [1.82, 2.24) is 0 Å². The SMILES string of the molecule is COC(=O)c1ccc(OC(C)=O)cc1-c1cccc([N+](=O)[O-])c1. The molecule has 0 saturated carbocycles. The van der Waals surface area contributed by atoms with E-state index >= 15 is 0 Å². The maximum absolute atomic E-state index is 11.9. The molecule has 7 heteroatoms. The van der Waals surface area contributed by atoms with Crippen LogP contribution in [0.4, 0.5) is 5.69 Å². The molecule has 0 amide bonds. The van der Waals surface area contributed by atoms with Gasteiger partial charge in [-0.2, -0.15) is 0 Å². The molecule has 0 unspecified atom stereocenters. The molecule has 0 saturated heterocycles. The smallest absolute Gasteiger partial charge is 0.338 e. The summed E-state index contributed by atoms with van der Waals surface area (Å²) < 4.78 is 9.71. The molecule has 0 N–H and O–H groups in total. The van der Waals surface area contributed by atoms with Crippen molar-refractivity contribution < 1.29 is 24.0 Å². The molecule has 0 bridgehead atoms. The van der Waals surface area contributed by atoms with Gasteiger partial charge in [-0.05, 0) is 23.8 Å². The van der Waals surface area contributed by atoms with Crippen LogP contribution in [-0.4, -0.2) is 24.0 Å². The summed E-state index contributed by atoms with van der Waals surface area (Å²) in [6.45, 7) is 1.25. The van der Waals surface area contributed by atoms with E-state index in [0.29, 0.717) is 11.1 Å². The van der Waals surface area contributed by atoms with E-state index in [0.717, 1.165) is 0 Å². The molecule has 2 aromatic rings. The summed E-state index contributed by atoms with van der Waals surface area (Å²) in [7, 11) is 1.24. The van der Waals surface area contributed by atoms with E-state index in [1.54, 1.807) is 6.07 Å². The fourth-order valence-corrected chi connectivity index (χ4v) is 2.07. The van der Waals surface area contributed by atoms with E-state index in [4.69, 9.17) is 9.47 Å². The number of nitro groups is 1. The Bertz CT molecular complexity index is 784. The van der Waals surface area contributed by atoms with Crippen molar-refractivity contribution in [3.8, 4) is 16.9 Å². The molecule has 0 atom stereocenters. The highest BCUT2D eigenvalue weighted by Gasteiger charge is 2.17. The Morgan fingerprint density at radius 1 is 1.13 bits per heavy atom. The number of hydrogen-bond acceptors (Lipinski definition) is 6. The molecule has 0 heterocycles. The Balaban J connectivity index is 2.60. The topological polar surface area (TPSA) is 95.7 Å². The van der Waals surface area contributed by atoms with Crippen LogP contribution in [0.2, 0.25) is 0 Å². The number of ether oxygens (including phenoxy) is 2. The maximum atomic E-state index is 11.9. The van der Waals surface area contributed by atoms with Crippen LogP contribution < -0.4 is 4.74 Å². The number of rotatable bonds is 4. The van der Waals surface area contributed by atoms with Gasteiger partial charge in [-0.25, -0.2) is 4.79 Å². The first-order valence-corrected chi connectivity index (χ1v) is 6.58. The first-order chi connectivity index (χ1) is 10.9. The number of methoxy groups -OCH3 is 1. The van der Waals surface area contributed by atoms with Crippen molar-refractivity contribution in [3.63, 3.8) is 0 Å². The Morgan fingerprint density at radius 3 is 2.48 bits per heavy atom. The van der Waals surface area contributed by atoms with Crippen molar-refractivity contribution >= 4 is 17.6 Å². The van der Waals surface area contributed by atoms with Gasteiger partial charge in [0.15, 0.2) is 0 Å². The summed E-state index contributed by atoms with van der Waals surface area (Å²) in [5.41, 5.74) is 0.910. The van der Waals surface area contributed by atoms with Crippen LogP contribution in [0, 0.1) is 10.1 Å². The molecule has 0 fully saturated rings. The number of non-ortho nitro benzene ring substituents is 1. The zero-order valence-corrected chi connectivity index (χ0v) is 12.4. The number of hydrogen-bond donors (Lipinski definition) is 0. The average Bonchev–Trinajstić information content (AvgIpc) is 2.53. The quantitative estimate of drug-likeness (QED) is 0.372. The molecule has 2 aromatic carbocycles. The zero-order chi connectivity index (χ0) is 17.0. The van der Waals surface area contributed by atoms with Gasteiger partial charge in [0.1, 0.15) is 5.75 Å². The second-order valence-electron chi connectivity index (χ2n) is 4.60. The summed E-state index contributed by atoms with van der Waals surface area (Å²) in [6.07, 6.45) is 0. The van der Waals surface area contributed by atoms with E-state index in [1.807, 2.05) is 0 Å². The first kappa shape index (κ1) is 16.2. The van der Waals surface area contributed by atoms with Crippen LogP contribution in [0.1, 0.15) is 17.3 Å². The van der Waals surface area contributed by atoms with Gasteiger partial charge in [-0.15, -0.1) is 0 Å². The molecule has 0 spiro atoms. The van der Waals surface area contributed by atoms with E-state index in [9.17, 15) is 19.7 Å². The first-order valence-electron chi connectivity index (χ1n) is 6.58. The number of carbonyl (C=O) groups excluding carboxylic acids is 2. The zero-order valence-electron chi connectivity index (χ0n) is 12.4. The van der Waals surface area contributed by atoms with Gasteiger partial charge in [0.05, 0.1) is 17.6 Å². The van der Waals surface area contributed by atoms with Crippen molar-refractivity contribution in [3.05, 3.63) is 58.1 Å². The predicted octanol–water partition coefficient (Wildman–Crippen LogP) is 2.97. The molecule has 23 heavy (non-hydrogen) atoms. The fourth-order valence-electron chi connectivity index (χ4n) is 2.07. The van der Waals surface area contributed by atoms with Gasteiger partial charge in [0.25, 0.3) is 5.69 Å². The molecular formula is C16H13NO6. The van der Waals surface area contributed by atoms with Crippen LogP contribution in [-0.2, 0) is 9.53 Å². The van der Waals surface area contributed by atoms with Crippen LogP contribution in [0.15, 0.2) is 42.5 Å². The van der Waals surface area contributed by atoms with E-state index in [2.05, 4.69) is 0 Å². The number of nitro benzene ring substituents is 1. The lowest BCUT2D eigenvalue weighted by atomic mass is 9.99. The third kappa shape index (κ3) is 3.70. The lowest BCUT2D eigenvalue weighted by Gasteiger charge is -2.10. The van der Waals surface area contributed by atoms with Crippen LogP contribution in [0.25, 0.3) is 11.1 Å². The summed E-state index contributed by atoms with van der Waals surface area (Å²) >= 11 is 0. The number of carbonyl (C=O) groups is 2. The summed E-state index contributed by atoms with van der Waals surface area (Å²) in [6, 6.07) is 10.2. The van der Waals surface area contributed by atoms with Crippen molar-refractivity contribution in [2.45, 2.75) is 6.92 Å². The Morgan fingerprint density at radius 2 is 1.87 bits per heavy atom. The number of esters is 2. The molecule has 0 aromatic heterocycles. The third-order valence-corrected chi connectivity index (χ3v) is 3.03. The van der Waals surface area contributed by atoms with E-state index in [1.165, 1.54) is 50.4 Å². The summed E-state index contributed by atoms with van der Waals surface area (Å²) in [4.78, 5) is 33.4. The Kier molecular flexibility index (Phi) is 4.70. The van der Waals surface area contributed by atoms with Gasteiger partial charge in [0, 0.05) is 24.6 Å². The largest absolute Gasteiger partial charge is 0.465 e. The van der Waals surface area contributed by atoms with Crippen molar-refractivity contribution in [2.75, 3.05) is 7.11 Å². The highest BCUT2D eigenvalue weighted by atomic mass is 16.6. The van der Waals surface area contributed by atoms with Gasteiger partial charge in [-0.3, -0.25) is 14.9 Å². The molecule has 0 aliphatic heterocycles. The Hall–Kier alpha value is -3.22. The molecular weight excluding hydrogens is 302 g/mol. The normalized spacial score (nSPS) is 10.0. The summed E-state index contributed by atoms with van der Waals surface area (Å²) in [5, 5.41) is 10.9. The van der Waals surface area contributed by atoms with Crippen LogP contribution >= 0.6 is 0 Å². The second-order valence-corrected chi connectivity index (χ2v) is 4.60. The fraction of sp³-hybridized carbons (Fsp3) is 0.125. The number of nitrogens with zero attached hydrogens (tertiary/aromatic N) is 1. The van der Waals surface area contributed by atoms with Gasteiger partial charge in [0.2, 0.25) is 0 Å². The van der Waals surface area contributed by atoms with Crippen molar-refractivity contribution in [2.24, 2.45) is 0 Å². The molecule has 118 valence electrons. The molecule has 2 rings (SSSR count). The molecule has 7 nitrogen and oxygen atoms in total. The molecule has 0 radical (unpaired) electrons. The van der Waals surface area contributed by atoms with Gasteiger partial charge in [-0.1, -0.05) is 12.1 Å². The highest BCUT2D eigenvalue weighted by molar-refractivity contribution is 5.98. The summed E-state index contributed by atoms with van der Waals surface area (Å²) in [5.74, 6) is -0.881. The predicted molar refractivity (Wildman–Crippen MR) is 81.2 cm³/mol. The van der Waals surface area contributed by atoms with Gasteiger partial charge >= 0.3 is 11.9 Å². The minimum atomic E-state index is -0.596. The minimum absolute atomic E-state index is 0.115. The lowest BCUT2D eigenvalue weighted by Crippen LogP contribution is -2.06. The van der Waals surface area contributed by atoms with E-state index in [-0.39, 0.29) is 17.0 Å². The standard InChI is InChI=1S/C16H13NO6/c1-10(18)23-13-6-7-14(16(19)22-2)15(9-13)11-4-3-5-12(8-11)17(20)21/h3-9H,1-2H3. The third-order valence-electron chi connectivity index (χ3n) is 3.03. The lowest BCUT2D eigenvalue weighted by molar-refractivity contribution is -0.384. The highest BCUT2D eigenvalue weighted by Crippen LogP contribution is 2.31. The average molecular weight is 315 g/mol. The van der Waals surface area contributed by atoms with Gasteiger partial charge < -0.3 is 9.47 Å². The van der Waals surface area contributed by atoms with E-state index < -0.39 is 16.9 Å². The second kappa shape index (κ2) is 6.69. The monoisotopic (exact) mass is 315 g/mol. The van der Waals surface area contributed by atoms with Crippen LogP contribution in [0.5, 0.6) is 5.75 Å².